The summed E-state index contributed by atoms with van der Waals surface area (Å²) in [7, 11) is 0. The van der Waals surface area contributed by atoms with Crippen molar-refractivity contribution in [2.75, 3.05) is 0 Å². The largest absolute Gasteiger partial charge is 0.481 e. The van der Waals surface area contributed by atoms with Gasteiger partial charge in [-0.15, -0.1) is 0 Å². The van der Waals surface area contributed by atoms with E-state index in [-0.39, 0.29) is 17.9 Å². The van der Waals surface area contributed by atoms with E-state index in [1.54, 1.807) is 0 Å². The second-order valence-corrected chi connectivity index (χ2v) is 4.56. The van der Waals surface area contributed by atoms with Crippen LogP contribution in [0.3, 0.4) is 0 Å². The van der Waals surface area contributed by atoms with E-state index in [0.29, 0.717) is 19.3 Å². The number of hydrogen-bond acceptors (Lipinski definition) is 2. The first-order valence-electron chi connectivity index (χ1n) is 6.15. The van der Waals surface area contributed by atoms with Gasteiger partial charge in [-0.2, -0.15) is 0 Å². The highest BCUT2D eigenvalue weighted by molar-refractivity contribution is 5.76. The van der Waals surface area contributed by atoms with Gasteiger partial charge in [0.25, 0.3) is 0 Å². The molecule has 1 amide bonds. The molecule has 1 saturated carbocycles. The number of carboxylic acid groups (broad SMARTS) is 1. The average Bonchev–Trinajstić information content (AvgIpc) is 2.27. The Labute approximate surface area is 96.4 Å². The van der Waals surface area contributed by atoms with Gasteiger partial charge in [-0.25, -0.2) is 0 Å². The van der Waals surface area contributed by atoms with Crippen LogP contribution in [0.15, 0.2) is 0 Å². The van der Waals surface area contributed by atoms with Crippen LogP contribution in [0.5, 0.6) is 0 Å². The molecular weight excluding hydrogens is 206 g/mol. The quantitative estimate of drug-likeness (QED) is 0.754. The third-order valence-corrected chi connectivity index (χ3v) is 3.20. The van der Waals surface area contributed by atoms with Crippen molar-refractivity contribution in [3.05, 3.63) is 0 Å². The Morgan fingerprint density at radius 3 is 2.38 bits per heavy atom. The van der Waals surface area contributed by atoms with E-state index >= 15 is 0 Å². The van der Waals surface area contributed by atoms with Crippen molar-refractivity contribution in [2.24, 2.45) is 5.92 Å². The lowest BCUT2D eigenvalue weighted by Gasteiger charge is -2.26. The second kappa shape index (κ2) is 6.51. The molecule has 0 radical (unpaired) electrons. The monoisotopic (exact) mass is 227 g/mol. The Morgan fingerprint density at radius 2 is 1.88 bits per heavy atom. The number of hydrogen-bond donors (Lipinski definition) is 2. The SMILES string of the molecule is CCCCC(=O)NC1CCC(C(=O)O)CC1. The molecule has 0 aromatic carbocycles. The summed E-state index contributed by atoms with van der Waals surface area (Å²) in [5.41, 5.74) is 0. The molecule has 0 spiro atoms. The normalized spacial score (nSPS) is 25.1. The van der Waals surface area contributed by atoms with Crippen molar-refractivity contribution >= 4 is 11.9 Å². The number of carboxylic acids is 1. The van der Waals surface area contributed by atoms with Gasteiger partial charge in [-0.3, -0.25) is 9.59 Å². The minimum Gasteiger partial charge on any atom is -0.481 e. The van der Waals surface area contributed by atoms with Crippen molar-refractivity contribution in [2.45, 2.75) is 57.9 Å². The molecule has 0 aromatic rings. The van der Waals surface area contributed by atoms with E-state index in [4.69, 9.17) is 5.11 Å². The molecule has 92 valence electrons. The molecule has 0 unspecified atom stereocenters. The Bertz CT molecular complexity index is 245. The molecule has 1 fully saturated rings. The number of carbonyl (C=O) groups is 2. The number of nitrogens with one attached hydrogen (secondary N) is 1. The average molecular weight is 227 g/mol. The van der Waals surface area contributed by atoms with E-state index in [9.17, 15) is 9.59 Å². The molecule has 2 N–H and O–H groups in total. The van der Waals surface area contributed by atoms with Gasteiger partial charge in [-0.1, -0.05) is 13.3 Å². The zero-order valence-electron chi connectivity index (χ0n) is 9.87. The van der Waals surface area contributed by atoms with Crippen LogP contribution in [0.4, 0.5) is 0 Å². The summed E-state index contributed by atoms with van der Waals surface area (Å²) >= 11 is 0. The van der Waals surface area contributed by atoms with E-state index in [2.05, 4.69) is 12.2 Å². The van der Waals surface area contributed by atoms with Gasteiger partial charge < -0.3 is 10.4 Å². The molecule has 4 heteroatoms. The van der Waals surface area contributed by atoms with E-state index < -0.39 is 5.97 Å². The highest BCUT2D eigenvalue weighted by Gasteiger charge is 2.26. The first kappa shape index (κ1) is 13.0. The Kier molecular flexibility index (Phi) is 5.29. The van der Waals surface area contributed by atoms with Crippen molar-refractivity contribution in [3.63, 3.8) is 0 Å². The van der Waals surface area contributed by atoms with E-state index in [1.165, 1.54) is 0 Å². The topological polar surface area (TPSA) is 66.4 Å². The summed E-state index contributed by atoms with van der Waals surface area (Å²) in [4.78, 5) is 22.2. The maximum Gasteiger partial charge on any atom is 0.306 e. The maximum atomic E-state index is 11.5. The summed E-state index contributed by atoms with van der Waals surface area (Å²) in [6.45, 7) is 2.06. The number of carbonyl (C=O) groups excluding carboxylic acids is 1. The fourth-order valence-corrected chi connectivity index (χ4v) is 2.12. The van der Waals surface area contributed by atoms with E-state index in [1.807, 2.05) is 0 Å². The molecule has 1 rings (SSSR count). The molecule has 0 heterocycles. The van der Waals surface area contributed by atoms with Crippen LogP contribution in [-0.2, 0) is 9.59 Å². The summed E-state index contributed by atoms with van der Waals surface area (Å²) in [6, 6.07) is 0.194. The fourth-order valence-electron chi connectivity index (χ4n) is 2.12. The first-order valence-corrected chi connectivity index (χ1v) is 6.15. The summed E-state index contributed by atoms with van der Waals surface area (Å²) in [5, 5.41) is 11.8. The van der Waals surface area contributed by atoms with Crippen molar-refractivity contribution in [1.29, 1.82) is 0 Å². The van der Waals surface area contributed by atoms with E-state index in [0.717, 1.165) is 25.7 Å². The number of unbranched alkanes of at least 4 members (excludes halogenated alkanes) is 1. The Balaban J connectivity index is 2.21. The molecule has 0 aliphatic heterocycles. The zero-order valence-corrected chi connectivity index (χ0v) is 9.87. The predicted octanol–water partition coefficient (Wildman–Crippen LogP) is 1.94. The summed E-state index contributed by atoms with van der Waals surface area (Å²) < 4.78 is 0. The predicted molar refractivity (Wildman–Crippen MR) is 61.0 cm³/mol. The number of amides is 1. The summed E-state index contributed by atoms with van der Waals surface area (Å²) in [6.07, 6.45) is 5.52. The molecule has 1 aliphatic rings. The first-order chi connectivity index (χ1) is 7.63. The van der Waals surface area contributed by atoms with Gasteiger partial charge in [0, 0.05) is 12.5 Å². The molecule has 16 heavy (non-hydrogen) atoms. The van der Waals surface area contributed by atoms with Crippen LogP contribution in [0, 0.1) is 5.92 Å². The second-order valence-electron chi connectivity index (χ2n) is 4.56. The zero-order chi connectivity index (χ0) is 12.0. The van der Waals surface area contributed by atoms with Gasteiger partial charge in [0.05, 0.1) is 5.92 Å². The van der Waals surface area contributed by atoms with Crippen molar-refractivity contribution in [1.82, 2.24) is 5.32 Å². The van der Waals surface area contributed by atoms with Crippen LogP contribution < -0.4 is 5.32 Å². The molecule has 1 aliphatic carbocycles. The van der Waals surface area contributed by atoms with Gasteiger partial charge in [-0.05, 0) is 32.1 Å². The maximum absolute atomic E-state index is 11.5. The highest BCUT2D eigenvalue weighted by atomic mass is 16.4. The van der Waals surface area contributed by atoms with Crippen LogP contribution in [0.1, 0.15) is 51.9 Å². The van der Waals surface area contributed by atoms with Gasteiger partial charge >= 0.3 is 5.97 Å². The molecule has 0 bridgehead atoms. The lowest BCUT2D eigenvalue weighted by atomic mass is 9.86. The lowest BCUT2D eigenvalue weighted by molar-refractivity contribution is -0.142. The number of aliphatic carboxylic acids is 1. The molecule has 4 nitrogen and oxygen atoms in total. The Hall–Kier alpha value is -1.06. The van der Waals surface area contributed by atoms with Crippen LogP contribution in [0.2, 0.25) is 0 Å². The van der Waals surface area contributed by atoms with Crippen LogP contribution in [0.25, 0.3) is 0 Å². The third kappa shape index (κ3) is 4.21. The number of rotatable bonds is 5. The molecule has 0 saturated heterocycles. The van der Waals surface area contributed by atoms with Crippen LogP contribution >= 0.6 is 0 Å². The Morgan fingerprint density at radius 1 is 1.25 bits per heavy atom. The van der Waals surface area contributed by atoms with Gasteiger partial charge in [0.2, 0.25) is 5.91 Å². The fraction of sp³-hybridized carbons (Fsp3) is 0.833. The van der Waals surface area contributed by atoms with Crippen LogP contribution in [-0.4, -0.2) is 23.0 Å². The molecule has 0 aromatic heterocycles. The summed E-state index contributed by atoms with van der Waals surface area (Å²) in [5.74, 6) is -0.792. The molecular formula is C12H21NO3. The van der Waals surface area contributed by atoms with Crippen molar-refractivity contribution in [3.8, 4) is 0 Å². The highest BCUT2D eigenvalue weighted by Crippen LogP contribution is 2.24. The lowest BCUT2D eigenvalue weighted by Crippen LogP contribution is -2.38. The van der Waals surface area contributed by atoms with Gasteiger partial charge in [0.1, 0.15) is 0 Å². The third-order valence-electron chi connectivity index (χ3n) is 3.20. The molecule has 0 atom stereocenters. The standard InChI is InChI=1S/C12H21NO3/c1-2-3-4-11(14)13-10-7-5-9(6-8-10)12(15)16/h9-10H,2-8H2,1H3,(H,13,14)(H,15,16). The minimum atomic E-state index is -0.698. The van der Waals surface area contributed by atoms with Gasteiger partial charge in [0.15, 0.2) is 0 Å². The van der Waals surface area contributed by atoms with Crippen molar-refractivity contribution < 1.29 is 14.7 Å². The smallest absolute Gasteiger partial charge is 0.306 e. The minimum absolute atomic E-state index is 0.112.